The average molecular weight is 245 g/mol. The largest absolute Gasteiger partial charge is 0.388 e. The summed E-state index contributed by atoms with van der Waals surface area (Å²) >= 11 is 0. The Bertz CT molecular complexity index is 190. The first kappa shape index (κ1) is 14.9. The van der Waals surface area contributed by atoms with Crippen molar-refractivity contribution in [1.82, 2.24) is 0 Å². The van der Waals surface area contributed by atoms with Crippen LogP contribution in [0.5, 0.6) is 0 Å². The summed E-state index contributed by atoms with van der Waals surface area (Å²) in [5.41, 5.74) is 5.88. The zero-order chi connectivity index (χ0) is 12.5. The van der Waals surface area contributed by atoms with E-state index in [0.717, 1.165) is 45.1 Å². The number of aliphatic hydroxyl groups is 1. The number of ether oxygens (including phenoxy) is 2. The fraction of sp³-hybridized carbons (Fsp3) is 1.00. The lowest BCUT2D eigenvalue weighted by Gasteiger charge is -2.27. The van der Waals surface area contributed by atoms with Gasteiger partial charge in [0.2, 0.25) is 0 Å². The standard InChI is InChI=1S/C13H27NO3/c1-2-3-7-16-9-12(15)10-17-13-6-4-5-11(14)8-13/h11-13,15H,2-10,14H2,1H3. The predicted octanol–water partition coefficient (Wildman–Crippen LogP) is 1.45. The lowest BCUT2D eigenvalue weighted by atomic mass is 9.93. The maximum absolute atomic E-state index is 9.66. The summed E-state index contributed by atoms with van der Waals surface area (Å²) in [5.74, 6) is 0. The molecule has 0 saturated heterocycles. The van der Waals surface area contributed by atoms with Crippen LogP contribution in [0.2, 0.25) is 0 Å². The van der Waals surface area contributed by atoms with Crippen LogP contribution in [0, 0.1) is 0 Å². The molecule has 0 heterocycles. The van der Waals surface area contributed by atoms with Crippen LogP contribution in [0.15, 0.2) is 0 Å². The molecule has 1 rings (SSSR count). The van der Waals surface area contributed by atoms with Gasteiger partial charge in [-0.05, 0) is 32.1 Å². The Morgan fingerprint density at radius 1 is 1.35 bits per heavy atom. The third-order valence-electron chi connectivity index (χ3n) is 3.14. The molecule has 17 heavy (non-hydrogen) atoms. The highest BCUT2D eigenvalue weighted by atomic mass is 16.5. The number of nitrogens with two attached hydrogens (primary N) is 1. The molecule has 0 aliphatic heterocycles. The first-order chi connectivity index (χ1) is 8.22. The molecule has 102 valence electrons. The second kappa shape index (κ2) is 8.86. The van der Waals surface area contributed by atoms with E-state index >= 15 is 0 Å². The second-order valence-corrected chi connectivity index (χ2v) is 4.96. The van der Waals surface area contributed by atoms with Gasteiger partial charge in [0.05, 0.1) is 19.3 Å². The van der Waals surface area contributed by atoms with Gasteiger partial charge in [-0.2, -0.15) is 0 Å². The molecule has 0 bridgehead atoms. The van der Waals surface area contributed by atoms with Crippen LogP contribution >= 0.6 is 0 Å². The van der Waals surface area contributed by atoms with Crippen LogP contribution in [0.1, 0.15) is 45.4 Å². The van der Waals surface area contributed by atoms with Crippen molar-refractivity contribution in [2.24, 2.45) is 5.73 Å². The highest BCUT2D eigenvalue weighted by Gasteiger charge is 2.20. The highest BCUT2D eigenvalue weighted by Crippen LogP contribution is 2.19. The van der Waals surface area contributed by atoms with Gasteiger partial charge >= 0.3 is 0 Å². The zero-order valence-corrected chi connectivity index (χ0v) is 10.9. The second-order valence-electron chi connectivity index (χ2n) is 4.96. The van der Waals surface area contributed by atoms with Crippen LogP contribution in [0.25, 0.3) is 0 Å². The van der Waals surface area contributed by atoms with Crippen molar-refractivity contribution in [1.29, 1.82) is 0 Å². The van der Waals surface area contributed by atoms with Crippen molar-refractivity contribution in [3.8, 4) is 0 Å². The normalized spacial score (nSPS) is 27.0. The van der Waals surface area contributed by atoms with Gasteiger partial charge in [0, 0.05) is 12.6 Å². The smallest absolute Gasteiger partial charge is 0.101 e. The van der Waals surface area contributed by atoms with E-state index in [-0.39, 0.29) is 12.1 Å². The Morgan fingerprint density at radius 3 is 2.88 bits per heavy atom. The summed E-state index contributed by atoms with van der Waals surface area (Å²) < 4.78 is 11.0. The third kappa shape index (κ3) is 6.99. The van der Waals surface area contributed by atoms with Crippen molar-refractivity contribution in [3.63, 3.8) is 0 Å². The molecule has 1 fully saturated rings. The molecule has 0 aromatic rings. The quantitative estimate of drug-likeness (QED) is 0.635. The van der Waals surface area contributed by atoms with Gasteiger partial charge in [0.25, 0.3) is 0 Å². The van der Waals surface area contributed by atoms with Crippen LogP contribution in [-0.4, -0.2) is 43.2 Å². The van der Waals surface area contributed by atoms with Crippen LogP contribution < -0.4 is 5.73 Å². The maximum Gasteiger partial charge on any atom is 0.101 e. The average Bonchev–Trinajstić information content (AvgIpc) is 2.32. The fourth-order valence-electron chi connectivity index (χ4n) is 2.09. The summed E-state index contributed by atoms with van der Waals surface area (Å²) in [6.45, 7) is 3.58. The Labute approximate surface area is 104 Å². The van der Waals surface area contributed by atoms with E-state index in [4.69, 9.17) is 15.2 Å². The van der Waals surface area contributed by atoms with Gasteiger partial charge in [0.1, 0.15) is 6.10 Å². The fourth-order valence-corrected chi connectivity index (χ4v) is 2.09. The van der Waals surface area contributed by atoms with Crippen molar-refractivity contribution >= 4 is 0 Å². The molecular formula is C13H27NO3. The summed E-state index contributed by atoms with van der Waals surface area (Å²) in [6.07, 6.45) is 6.10. The zero-order valence-electron chi connectivity index (χ0n) is 10.9. The van der Waals surface area contributed by atoms with E-state index in [0.29, 0.717) is 13.2 Å². The number of hydrogen-bond acceptors (Lipinski definition) is 4. The molecule has 1 saturated carbocycles. The van der Waals surface area contributed by atoms with E-state index in [1.807, 2.05) is 0 Å². The Morgan fingerprint density at radius 2 is 2.18 bits per heavy atom. The first-order valence-electron chi connectivity index (χ1n) is 6.85. The molecule has 1 aliphatic rings. The molecular weight excluding hydrogens is 218 g/mol. The van der Waals surface area contributed by atoms with E-state index < -0.39 is 6.10 Å². The van der Waals surface area contributed by atoms with E-state index in [1.54, 1.807) is 0 Å². The Kier molecular flexibility index (Phi) is 7.77. The molecule has 1 aliphatic carbocycles. The van der Waals surface area contributed by atoms with Gasteiger partial charge in [-0.1, -0.05) is 13.3 Å². The van der Waals surface area contributed by atoms with E-state index in [2.05, 4.69) is 6.92 Å². The monoisotopic (exact) mass is 245 g/mol. The highest BCUT2D eigenvalue weighted by molar-refractivity contribution is 4.75. The van der Waals surface area contributed by atoms with Gasteiger partial charge in [0.15, 0.2) is 0 Å². The molecule has 3 unspecified atom stereocenters. The topological polar surface area (TPSA) is 64.7 Å². The molecule has 4 heteroatoms. The van der Waals surface area contributed by atoms with Crippen molar-refractivity contribution < 1.29 is 14.6 Å². The van der Waals surface area contributed by atoms with Crippen molar-refractivity contribution in [3.05, 3.63) is 0 Å². The number of unbranched alkanes of at least 4 members (excludes halogenated alkanes) is 1. The number of aliphatic hydroxyl groups excluding tert-OH is 1. The van der Waals surface area contributed by atoms with Crippen molar-refractivity contribution in [2.75, 3.05) is 19.8 Å². The van der Waals surface area contributed by atoms with Crippen LogP contribution in [-0.2, 0) is 9.47 Å². The summed E-state index contributed by atoms with van der Waals surface area (Å²) in [5, 5.41) is 9.66. The molecule has 0 amide bonds. The van der Waals surface area contributed by atoms with Gasteiger partial charge < -0.3 is 20.3 Å². The van der Waals surface area contributed by atoms with Gasteiger partial charge in [-0.3, -0.25) is 0 Å². The van der Waals surface area contributed by atoms with Gasteiger partial charge in [-0.25, -0.2) is 0 Å². The van der Waals surface area contributed by atoms with Crippen LogP contribution in [0.4, 0.5) is 0 Å². The number of rotatable bonds is 8. The molecule has 0 aromatic heterocycles. The van der Waals surface area contributed by atoms with Gasteiger partial charge in [-0.15, -0.1) is 0 Å². The summed E-state index contributed by atoms with van der Waals surface area (Å²) in [7, 11) is 0. The molecule has 3 atom stereocenters. The Hall–Kier alpha value is -0.160. The van der Waals surface area contributed by atoms with E-state index in [9.17, 15) is 5.11 Å². The minimum Gasteiger partial charge on any atom is -0.388 e. The summed E-state index contributed by atoms with van der Waals surface area (Å²) in [6, 6.07) is 0.270. The molecule has 0 aromatic carbocycles. The molecule has 0 radical (unpaired) electrons. The lowest BCUT2D eigenvalue weighted by molar-refractivity contribution is -0.0547. The van der Waals surface area contributed by atoms with Crippen LogP contribution in [0.3, 0.4) is 0 Å². The predicted molar refractivity (Wildman–Crippen MR) is 67.9 cm³/mol. The molecule has 4 nitrogen and oxygen atoms in total. The minimum absolute atomic E-state index is 0.226. The first-order valence-corrected chi connectivity index (χ1v) is 6.85. The number of hydrogen-bond donors (Lipinski definition) is 2. The summed E-state index contributed by atoms with van der Waals surface area (Å²) in [4.78, 5) is 0. The maximum atomic E-state index is 9.66. The third-order valence-corrected chi connectivity index (χ3v) is 3.14. The Balaban J connectivity index is 2.00. The van der Waals surface area contributed by atoms with E-state index in [1.165, 1.54) is 0 Å². The SMILES string of the molecule is CCCCOCC(O)COC1CCCC(N)C1. The van der Waals surface area contributed by atoms with Crippen molar-refractivity contribution in [2.45, 2.75) is 63.7 Å². The molecule has 0 spiro atoms. The molecule has 3 N–H and O–H groups in total. The lowest BCUT2D eigenvalue weighted by Crippen LogP contribution is -2.34. The minimum atomic E-state index is -0.509.